The molecule has 3 rings (SSSR count). The number of carboxylic acids is 1. The summed E-state index contributed by atoms with van der Waals surface area (Å²) in [4.78, 5) is 10.6. The van der Waals surface area contributed by atoms with Crippen LogP contribution in [0.25, 0.3) is 0 Å². The highest BCUT2D eigenvalue weighted by atomic mass is 16.4. The second-order valence-corrected chi connectivity index (χ2v) is 4.75. The van der Waals surface area contributed by atoms with Gasteiger partial charge < -0.3 is 5.11 Å². The lowest BCUT2D eigenvalue weighted by molar-refractivity contribution is -0.138. The van der Waals surface area contributed by atoms with Crippen LogP contribution in [0.5, 0.6) is 0 Å². The summed E-state index contributed by atoms with van der Waals surface area (Å²) < 4.78 is 0. The fraction of sp³-hybridized carbons (Fsp3) is 0.900. The van der Waals surface area contributed by atoms with Crippen LogP contribution in [-0.2, 0) is 4.79 Å². The van der Waals surface area contributed by atoms with Gasteiger partial charge in [0, 0.05) is 0 Å². The van der Waals surface area contributed by atoms with Crippen LogP contribution in [0, 0.1) is 29.6 Å². The van der Waals surface area contributed by atoms with Crippen LogP contribution >= 0.6 is 0 Å². The zero-order valence-corrected chi connectivity index (χ0v) is 7.07. The third-order valence-corrected chi connectivity index (χ3v) is 3.83. The van der Waals surface area contributed by atoms with Crippen LogP contribution in [-0.4, -0.2) is 11.1 Å². The van der Waals surface area contributed by atoms with Crippen molar-refractivity contribution in [2.45, 2.75) is 25.7 Å². The Morgan fingerprint density at radius 1 is 1.08 bits per heavy atom. The Bertz CT molecular complexity index is 232. The van der Waals surface area contributed by atoms with E-state index >= 15 is 0 Å². The first-order valence-electron chi connectivity index (χ1n) is 5.00. The number of aliphatic carboxylic acids is 1. The molecule has 0 aromatic rings. The monoisotopic (exact) mass is 166 g/mol. The lowest BCUT2D eigenvalue weighted by Crippen LogP contribution is -2.01. The largest absolute Gasteiger partial charge is 0.481 e. The Hall–Kier alpha value is -0.530. The van der Waals surface area contributed by atoms with Gasteiger partial charge in [0.15, 0.2) is 0 Å². The first-order chi connectivity index (χ1) is 5.77. The van der Waals surface area contributed by atoms with Crippen molar-refractivity contribution in [3.63, 3.8) is 0 Å². The van der Waals surface area contributed by atoms with E-state index in [4.69, 9.17) is 5.11 Å². The van der Waals surface area contributed by atoms with Crippen LogP contribution in [0.15, 0.2) is 0 Å². The normalized spacial score (nSPS) is 50.3. The van der Waals surface area contributed by atoms with E-state index < -0.39 is 5.97 Å². The minimum atomic E-state index is -0.554. The Kier molecular flexibility index (Phi) is 1.18. The van der Waals surface area contributed by atoms with Crippen LogP contribution in [0.4, 0.5) is 0 Å². The van der Waals surface area contributed by atoms with E-state index in [1.807, 2.05) is 0 Å². The fourth-order valence-electron chi connectivity index (χ4n) is 2.77. The van der Waals surface area contributed by atoms with Crippen molar-refractivity contribution in [2.24, 2.45) is 29.6 Å². The highest BCUT2D eigenvalue weighted by molar-refractivity contribution is 5.73. The maximum Gasteiger partial charge on any atom is 0.306 e. The average molecular weight is 166 g/mol. The van der Waals surface area contributed by atoms with Gasteiger partial charge in [0.25, 0.3) is 0 Å². The average Bonchev–Trinajstić information content (AvgIpc) is 2.87. The Morgan fingerprint density at radius 2 is 1.83 bits per heavy atom. The van der Waals surface area contributed by atoms with Crippen molar-refractivity contribution in [1.29, 1.82) is 0 Å². The minimum Gasteiger partial charge on any atom is -0.481 e. The summed E-state index contributed by atoms with van der Waals surface area (Å²) in [5.41, 5.74) is 0. The highest BCUT2D eigenvalue weighted by Crippen LogP contribution is 2.64. The summed E-state index contributed by atoms with van der Waals surface area (Å²) in [5, 5.41) is 8.74. The molecule has 0 bridgehead atoms. The number of carboxylic acid groups (broad SMARTS) is 1. The molecule has 0 aromatic carbocycles. The lowest BCUT2D eigenvalue weighted by Gasteiger charge is -1.93. The molecule has 0 unspecified atom stereocenters. The molecule has 66 valence electrons. The van der Waals surface area contributed by atoms with Gasteiger partial charge in [0.1, 0.15) is 0 Å². The highest BCUT2D eigenvalue weighted by Gasteiger charge is 2.59. The van der Waals surface area contributed by atoms with Crippen LogP contribution in [0.3, 0.4) is 0 Å². The van der Waals surface area contributed by atoms with Crippen molar-refractivity contribution in [3.8, 4) is 0 Å². The maximum atomic E-state index is 10.6. The van der Waals surface area contributed by atoms with Gasteiger partial charge in [-0.2, -0.15) is 0 Å². The second kappa shape index (κ2) is 2.04. The quantitative estimate of drug-likeness (QED) is 0.693. The standard InChI is InChI=1S/C10H14O2/c11-10(12)9-4-8(9)7-3-6(7)5-1-2-5/h5-9H,1-4H2,(H,11,12)/t6-,7+,8-,9-/m1/s1. The predicted molar refractivity (Wildman–Crippen MR) is 43.6 cm³/mol. The topological polar surface area (TPSA) is 37.3 Å². The van der Waals surface area contributed by atoms with E-state index in [1.165, 1.54) is 19.3 Å². The minimum absolute atomic E-state index is 0.0405. The summed E-state index contributed by atoms with van der Waals surface area (Å²) >= 11 is 0. The molecule has 3 aliphatic rings. The van der Waals surface area contributed by atoms with Gasteiger partial charge in [-0.05, 0) is 49.4 Å². The second-order valence-electron chi connectivity index (χ2n) is 4.75. The van der Waals surface area contributed by atoms with Gasteiger partial charge >= 0.3 is 5.97 Å². The number of hydrogen-bond acceptors (Lipinski definition) is 1. The van der Waals surface area contributed by atoms with Crippen LogP contribution < -0.4 is 0 Å². The van der Waals surface area contributed by atoms with Crippen LogP contribution in [0.1, 0.15) is 25.7 Å². The molecule has 0 amide bonds. The van der Waals surface area contributed by atoms with E-state index in [2.05, 4.69) is 0 Å². The van der Waals surface area contributed by atoms with E-state index in [-0.39, 0.29) is 5.92 Å². The molecule has 0 spiro atoms. The smallest absolute Gasteiger partial charge is 0.306 e. The van der Waals surface area contributed by atoms with Crippen LogP contribution in [0.2, 0.25) is 0 Å². The Labute approximate surface area is 72.0 Å². The predicted octanol–water partition coefficient (Wildman–Crippen LogP) is 1.75. The number of carbonyl (C=O) groups is 1. The third kappa shape index (κ3) is 0.970. The van der Waals surface area contributed by atoms with E-state index in [0.29, 0.717) is 5.92 Å². The van der Waals surface area contributed by atoms with Crippen molar-refractivity contribution < 1.29 is 9.90 Å². The summed E-state index contributed by atoms with van der Waals surface area (Å²) in [6.07, 6.45) is 5.17. The Balaban J connectivity index is 1.55. The molecule has 0 saturated heterocycles. The van der Waals surface area contributed by atoms with Gasteiger partial charge in [-0.3, -0.25) is 4.79 Å². The molecule has 0 aliphatic heterocycles. The maximum absolute atomic E-state index is 10.6. The first kappa shape index (κ1) is 6.93. The molecule has 3 aliphatic carbocycles. The Morgan fingerprint density at radius 3 is 2.33 bits per heavy atom. The molecular formula is C10H14O2. The van der Waals surface area contributed by atoms with Gasteiger partial charge in [0.2, 0.25) is 0 Å². The van der Waals surface area contributed by atoms with E-state index in [9.17, 15) is 4.79 Å². The van der Waals surface area contributed by atoms with Gasteiger partial charge in [-0.25, -0.2) is 0 Å². The van der Waals surface area contributed by atoms with E-state index in [1.54, 1.807) is 0 Å². The van der Waals surface area contributed by atoms with Crippen molar-refractivity contribution in [2.75, 3.05) is 0 Å². The van der Waals surface area contributed by atoms with Crippen molar-refractivity contribution >= 4 is 5.97 Å². The van der Waals surface area contributed by atoms with E-state index in [0.717, 1.165) is 24.2 Å². The van der Waals surface area contributed by atoms with Gasteiger partial charge in [-0.1, -0.05) is 0 Å². The fourth-order valence-corrected chi connectivity index (χ4v) is 2.77. The van der Waals surface area contributed by atoms with Crippen molar-refractivity contribution in [3.05, 3.63) is 0 Å². The lowest BCUT2D eigenvalue weighted by atomic mass is 10.1. The molecule has 3 saturated carbocycles. The van der Waals surface area contributed by atoms with Gasteiger partial charge in [-0.15, -0.1) is 0 Å². The number of rotatable bonds is 3. The number of hydrogen-bond donors (Lipinski definition) is 1. The molecule has 12 heavy (non-hydrogen) atoms. The molecule has 3 fully saturated rings. The summed E-state index contributed by atoms with van der Waals surface area (Å²) in [5.74, 6) is 2.83. The molecule has 2 heteroatoms. The first-order valence-corrected chi connectivity index (χ1v) is 5.00. The SMILES string of the molecule is O=C(O)[C@@H]1C[C@@H]1[C@H]1C[C@@H]1C1CC1. The molecule has 2 nitrogen and oxygen atoms in total. The van der Waals surface area contributed by atoms with Gasteiger partial charge in [0.05, 0.1) is 5.92 Å². The van der Waals surface area contributed by atoms with Crippen molar-refractivity contribution in [1.82, 2.24) is 0 Å². The molecular weight excluding hydrogens is 152 g/mol. The zero-order chi connectivity index (χ0) is 8.29. The zero-order valence-electron chi connectivity index (χ0n) is 7.07. The molecule has 4 atom stereocenters. The third-order valence-electron chi connectivity index (χ3n) is 3.83. The molecule has 0 aromatic heterocycles. The summed E-state index contributed by atoms with van der Waals surface area (Å²) in [7, 11) is 0. The molecule has 0 heterocycles. The molecule has 0 radical (unpaired) electrons. The molecule has 1 N–H and O–H groups in total. The summed E-state index contributed by atoms with van der Waals surface area (Å²) in [6, 6.07) is 0. The summed E-state index contributed by atoms with van der Waals surface area (Å²) in [6.45, 7) is 0.